The molecule has 0 N–H and O–H groups in total. The minimum atomic E-state index is -0.154. The third-order valence-electron chi connectivity index (χ3n) is 4.37. The van der Waals surface area contributed by atoms with E-state index in [1.807, 2.05) is 12.1 Å². The molecule has 0 spiro atoms. The van der Waals surface area contributed by atoms with Crippen LogP contribution in [0.2, 0.25) is 5.02 Å². The molecule has 8 heteroatoms. The van der Waals surface area contributed by atoms with E-state index >= 15 is 0 Å². The highest BCUT2D eigenvalue weighted by molar-refractivity contribution is 6.30. The van der Waals surface area contributed by atoms with Crippen LogP contribution >= 0.6 is 11.6 Å². The first-order chi connectivity index (χ1) is 13.1. The van der Waals surface area contributed by atoms with E-state index in [0.717, 1.165) is 17.7 Å². The summed E-state index contributed by atoms with van der Waals surface area (Å²) in [5, 5.41) is 12.8. The number of carbonyl (C=O) groups is 2. The van der Waals surface area contributed by atoms with E-state index in [4.69, 9.17) is 11.6 Å². The van der Waals surface area contributed by atoms with Crippen molar-refractivity contribution in [2.24, 2.45) is 0 Å². The fourth-order valence-electron chi connectivity index (χ4n) is 3.04. The van der Waals surface area contributed by atoms with E-state index in [9.17, 15) is 9.59 Å². The smallest absolute Gasteiger partial charge is 0.227 e. The van der Waals surface area contributed by atoms with Crippen LogP contribution in [0.25, 0.3) is 11.4 Å². The van der Waals surface area contributed by atoms with Gasteiger partial charge in [0.05, 0.1) is 0 Å². The van der Waals surface area contributed by atoms with E-state index in [0.29, 0.717) is 29.4 Å². The van der Waals surface area contributed by atoms with Crippen molar-refractivity contribution in [3.8, 4) is 11.4 Å². The summed E-state index contributed by atoms with van der Waals surface area (Å²) >= 11 is 5.98. The van der Waals surface area contributed by atoms with Crippen molar-refractivity contribution in [1.82, 2.24) is 20.2 Å². The van der Waals surface area contributed by atoms with E-state index in [1.54, 1.807) is 41.3 Å². The molecule has 1 aromatic heterocycles. The van der Waals surface area contributed by atoms with Gasteiger partial charge in [-0.15, -0.1) is 10.2 Å². The highest BCUT2D eigenvalue weighted by Crippen LogP contribution is 2.23. The van der Waals surface area contributed by atoms with Crippen LogP contribution < -0.4 is 4.90 Å². The molecule has 0 radical (unpaired) electrons. The summed E-state index contributed by atoms with van der Waals surface area (Å²) < 4.78 is 0. The number of halogens is 1. The number of carbonyl (C=O) groups excluding carboxylic acids is 2. The van der Waals surface area contributed by atoms with Gasteiger partial charge in [0.25, 0.3) is 0 Å². The number of hydrogen-bond donors (Lipinski definition) is 0. The number of ketones is 1. The molecule has 4 rings (SSSR count). The molecular formula is C19H16ClN5O2. The van der Waals surface area contributed by atoms with Crippen LogP contribution in [-0.2, 0) is 11.3 Å². The molecule has 1 amide bonds. The van der Waals surface area contributed by atoms with E-state index < -0.39 is 0 Å². The van der Waals surface area contributed by atoms with Gasteiger partial charge >= 0.3 is 0 Å². The number of benzene rings is 2. The van der Waals surface area contributed by atoms with Crippen LogP contribution in [0.1, 0.15) is 23.2 Å². The van der Waals surface area contributed by atoms with Crippen LogP contribution in [0.5, 0.6) is 0 Å². The average molecular weight is 382 g/mol. The zero-order valence-corrected chi connectivity index (χ0v) is 15.1. The molecular weight excluding hydrogens is 366 g/mol. The maximum atomic E-state index is 12.6. The van der Waals surface area contributed by atoms with Gasteiger partial charge in [0.15, 0.2) is 5.78 Å². The Morgan fingerprint density at radius 3 is 2.78 bits per heavy atom. The summed E-state index contributed by atoms with van der Waals surface area (Å²) in [5.74, 6) is 0.337. The van der Waals surface area contributed by atoms with Crippen molar-refractivity contribution in [3.63, 3.8) is 0 Å². The van der Waals surface area contributed by atoms with Crippen LogP contribution in [0.15, 0.2) is 48.5 Å². The first kappa shape index (κ1) is 17.4. The van der Waals surface area contributed by atoms with Crippen molar-refractivity contribution in [2.75, 3.05) is 11.4 Å². The second-order valence-corrected chi connectivity index (χ2v) is 6.71. The minimum Gasteiger partial charge on any atom is -0.312 e. The largest absolute Gasteiger partial charge is 0.312 e. The van der Waals surface area contributed by atoms with Gasteiger partial charge in [-0.25, -0.2) is 0 Å². The molecule has 3 aromatic rings. The van der Waals surface area contributed by atoms with Crippen LogP contribution in [0.3, 0.4) is 0 Å². The molecule has 0 unspecified atom stereocenters. The lowest BCUT2D eigenvalue weighted by Crippen LogP contribution is -2.24. The molecule has 1 aliphatic heterocycles. The van der Waals surface area contributed by atoms with Gasteiger partial charge in [0.1, 0.15) is 6.54 Å². The SMILES string of the molecule is O=C(Cn1nnc(-c2cccc(Cl)c2)n1)c1cccc(N2CCCC2=O)c1. The van der Waals surface area contributed by atoms with Gasteiger partial charge in [0.2, 0.25) is 11.7 Å². The Morgan fingerprint density at radius 2 is 2.00 bits per heavy atom. The first-order valence-electron chi connectivity index (χ1n) is 8.57. The lowest BCUT2D eigenvalue weighted by Gasteiger charge is -2.16. The Hall–Kier alpha value is -3.06. The van der Waals surface area contributed by atoms with Crippen molar-refractivity contribution in [1.29, 1.82) is 0 Å². The highest BCUT2D eigenvalue weighted by atomic mass is 35.5. The molecule has 0 saturated carbocycles. The number of Topliss-reactive ketones (excluding diaryl/α,β-unsaturated/α-hetero) is 1. The Balaban J connectivity index is 1.51. The predicted octanol–water partition coefficient (Wildman–Crippen LogP) is 3.00. The van der Waals surface area contributed by atoms with Crippen molar-refractivity contribution < 1.29 is 9.59 Å². The maximum absolute atomic E-state index is 12.6. The summed E-state index contributed by atoms with van der Waals surface area (Å²) in [6.45, 7) is 0.648. The number of nitrogens with zero attached hydrogens (tertiary/aromatic N) is 5. The Kier molecular flexibility index (Phi) is 4.68. The molecule has 0 aliphatic carbocycles. The molecule has 0 atom stereocenters. The van der Waals surface area contributed by atoms with Crippen LogP contribution in [0.4, 0.5) is 5.69 Å². The van der Waals surface area contributed by atoms with E-state index in [1.165, 1.54) is 4.80 Å². The van der Waals surface area contributed by atoms with Gasteiger partial charge in [-0.2, -0.15) is 4.80 Å². The number of tetrazole rings is 1. The molecule has 1 fully saturated rings. The third kappa shape index (κ3) is 3.73. The number of rotatable bonds is 5. The lowest BCUT2D eigenvalue weighted by atomic mass is 10.1. The summed E-state index contributed by atoms with van der Waals surface area (Å²) in [4.78, 5) is 27.5. The number of anilines is 1. The van der Waals surface area contributed by atoms with E-state index in [2.05, 4.69) is 15.4 Å². The van der Waals surface area contributed by atoms with Crippen LogP contribution in [-0.4, -0.2) is 38.4 Å². The molecule has 2 aromatic carbocycles. The Morgan fingerprint density at radius 1 is 1.15 bits per heavy atom. The topological polar surface area (TPSA) is 81.0 Å². The summed E-state index contributed by atoms with van der Waals surface area (Å²) in [5.41, 5.74) is 1.99. The molecule has 7 nitrogen and oxygen atoms in total. The molecule has 136 valence electrons. The summed E-state index contributed by atoms with van der Waals surface area (Å²) in [6, 6.07) is 14.2. The second kappa shape index (κ2) is 7.28. The highest BCUT2D eigenvalue weighted by Gasteiger charge is 2.22. The fraction of sp³-hybridized carbons (Fsp3) is 0.211. The van der Waals surface area contributed by atoms with Crippen molar-refractivity contribution in [2.45, 2.75) is 19.4 Å². The minimum absolute atomic E-state index is 0.0367. The average Bonchev–Trinajstić information content (AvgIpc) is 3.31. The zero-order chi connectivity index (χ0) is 18.8. The van der Waals surface area contributed by atoms with Crippen LogP contribution in [0, 0.1) is 0 Å². The van der Waals surface area contributed by atoms with Gasteiger partial charge in [-0.05, 0) is 35.9 Å². The summed E-state index contributed by atoms with van der Waals surface area (Å²) in [7, 11) is 0. The van der Waals surface area contributed by atoms with Crippen molar-refractivity contribution in [3.05, 3.63) is 59.1 Å². The standard InChI is InChI=1S/C19H16ClN5O2/c20-15-6-1-5-14(10-15)19-21-23-25(22-19)12-17(26)13-4-2-7-16(11-13)24-9-3-8-18(24)27/h1-2,4-7,10-11H,3,8-9,12H2. The van der Waals surface area contributed by atoms with Crippen molar-refractivity contribution >= 4 is 29.0 Å². The Bertz CT molecular complexity index is 1020. The first-order valence-corrected chi connectivity index (χ1v) is 8.95. The second-order valence-electron chi connectivity index (χ2n) is 6.28. The fourth-order valence-corrected chi connectivity index (χ4v) is 3.23. The molecule has 1 saturated heterocycles. The van der Waals surface area contributed by atoms with Gasteiger partial charge in [0, 0.05) is 34.8 Å². The molecule has 0 bridgehead atoms. The molecule has 2 heterocycles. The van der Waals surface area contributed by atoms with E-state index in [-0.39, 0.29) is 18.2 Å². The predicted molar refractivity (Wildman–Crippen MR) is 101 cm³/mol. The number of aromatic nitrogens is 4. The number of amides is 1. The third-order valence-corrected chi connectivity index (χ3v) is 4.61. The molecule has 1 aliphatic rings. The summed E-state index contributed by atoms with van der Waals surface area (Å²) in [6.07, 6.45) is 1.39. The maximum Gasteiger partial charge on any atom is 0.227 e. The van der Waals surface area contributed by atoms with Gasteiger partial charge in [-0.3, -0.25) is 9.59 Å². The zero-order valence-electron chi connectivity index (χ0n) is 14.4. The number of hydrogen-bond acceptors (Lipinski definition) is 5. The molecule has 27 heavy (non-hydrogen) atoms. The monoisotopic (exact) mass is 381 g/mol. The lowest BCUT2D eigenvalue weighted by molar-refractivity contribution is -0.117. The normalized spacial score (nSPS) is 14.0. The van der Waals surface area contributed by atoms with Gasteiger partial charge in [-0.1, -0.05) is 35.9 Å². The van der Waals surface area contributed by atoms with Gasteiger partial charge < -0.3 is 4.90 Å². The Labute approximate surface area is 160 Å². The quantitative estimate of drug-likeness (QED) is 0.634.